The van der Waals surface area contributed by atoms with Crippen LogP contribution in [0.15, 0.2) is 36.0 Å². The van der Waals surface area contributed by atoms with Crippen molar-refractivity contribution >= 4 is 11.3 Å². The molecule has 2 aromatic heterocycles. The van der Waals surface area contributed by atoms with Gasteiger partial charge in [-0.05, 0) is 24.8 Å². The Hall–Kier alpha value is -1.50. The molecule has 1 aliphatic carbocycles. The number of rotatable bonds is 5. The van der Waals surface area contributed by atoms with Crippen molar-refractivity contribution in [3.05, 3.63) is 41.0 Å². The van der Waals surface area contributed by atoms with Crippen LogP contribution < -0.4 is 4.74 Å². The Labute approximate surface area is 140 Å². The van der Waals surface area contributed by atoms with Gasteiger partial charge in [-0.2, -0.15) is 0 Å². The maximum Gasteiger partial charge on any atom is 0.213 e. The van der Waals surface area contributed by atoms with Crippen LogP contribution in [0.25, 0.3) is 0 Å². The monoisotopic (exact) mass is 331 g/mol. The summed E-state index contributed by atoms with van der Waals surface area (Å²) in [5, 5.41) is 3.24. The average molecular weight is 331 g/mol. The summed E-state index contributed by atoms with van der Waals surface area (Å²) in [7, 11) is 0. The summed E-state index contributed by atoms with van der Waals surface area (Å²) in [6.07, 6.45) is 6.19. The van der Waals surface area contributed by atoms with Crippen LogP contribution >= 0.6 is 11.3 Å². The lowest BCUT2D eigenvalue weighted by Crippen LogP contribution is -2.47. The van der Waals surface area contributed by atoms with Crippen LogP contribution in [0.3, 0.4) is 0 Å². The summed E-state index contributed by atoms with van der Waals surface area (Å²) in [4.78, 5) is 11.2. The lowest BCUT2D eigenvalue weighted by molar-refractivity contribution is -0.0590. The second-order valence-corrected chi connectivity index (χ2v) is 7.17. The highest BCUT2D eigenvalue weighted by atomic mass is 32.1. The highest BCUT2D eigenvalue weighted by Crippen LogP contribution is 2.35. The fourth-order valence-corrected chi connectivity index (χ4v) is 4.24. The normalized spacial score (nSPS) is 27.7. The Morgan fingerprint density at radius 3 is 3.09 bits per heavy atom. The van der Waals surface area contributed by atoms with E-state index in [-0.39, 0.29) is 0 Å². The molecule has 3 unspecified atom stereocenters. The first-order valence-electron chi connectivity index (χ1n) is 8.16. The van der Waals surface area contributed by atoms with E-state index >= 15 is 0 Å². The van der Waals surface area contributed by atoms with Gasteiger partial charge in [0, 0.05) is 36.4 Å². The van der Waals surface area contributed by atoms with Crippen molar-refractivity contribution in [2.45, 2.75) is 31.5 Å². The van der Waals surface area contributed by atoms with Gasteiger partial charge in [-0.15, -0.1) is 11.3 Å². The van der Waals surface area contributed by atoms with Crippen molar-refractivity contribution in [1.29, 1.82) is 0 Å². The molecule has 0 aromatic carbocycles. The van der Waals surface area contributed by atoms with Crippen molar-refractivity contribution in [2.75, 3.05) is 19.8 Å². The van der Waals surface area contributed by atoms with Crippen molar-refractivity contribution in [2.24, 2.45) is 5.92 Å². The zero-order valence-corrected chi connectivity index (χ0v) is 13.8. The third-order valence-corrected chi connectivity index (χ3v) is 5.44. The minimum atomic E-state index is 0.334. The molecule has 23 heavy (non-hydrogen) atoms. The number of morpholine rings is 1. The molecule has 0 spiro atoms. The Balaban J connectivity index is 1.35. The number of hydrogen-bond acceptors (Lipinski definition) is 6. The third-order valence-electron chi connectivity index (χ3n) is 4.68. The molecule has 4 rings (SSSR count). The average Bonchev–Trinajstić information content (AvgIpc) is 3.23. The number of thiazole rings is 1. The van der Waals surface area contributed by atoms with Crippen LogP contribution in [0.2, 0.25) is 0 Å². The predicted octanol–water partition coefficient (Wildman–Crippen LogP) is 2.60. The molecule has 6 heteroatoms. The van der Waals surface area contributed by atoms with Crippen molar-refractivity contribution in [3.63, 3.8) is 0 Å². The molecule has 1 aliphatic heterocycles. The maximum atomic E-state index is 6.00. The molecule has 2 fully saturated rings. The van der Waals surface area contributed by atoms with Crippen LogP contribution in [0.5, 0.6) is 5.88 Å². The Morgan fingerprint density at radius 2 is 2.26 bits per heavy atom. The van der Waals surface area contributed by atoms with Crippen LogP contribution in [-0.2, 0) is 11.3 Å². The first kappa shape index (κ1) is 15.1. The molecule has 0 N–H and O–H groups in total. The molecule has 0 bridgehead atoms. The first-order valence-corrected chi connectivity index (χ1v) is 9.04. The van der Waals surface area contributed by atoms with Crippen LogP contribution in [0.4, 0.5) is 0 Å². The number of hydrogen-bond donors (Lipinski definition) is 0. The number of pyridine rings is 1. The predicted molar refractivity (Wildman–Crippen MR) is 88.5 cm³/mol. The largest absolute Gasteiger partial charge is 0.477 e. The van der Waals surface area contributed by atoms with Gasteiger partial charge in [0.25, 0.3) is 0 Å². The zero-order valence-electron chi connectivity index (χ0n) is 13.0. The van der Waals surface area contributed by atoms with Gasteiger partial charge in [-0.3, -0.25) is 4.90 Å². The second kappa shape index (κ2) is 6.95. The summed E-state index contributed by atoms with van der Waals surface area (Å²) in [5.74, 6) is 1.24. The number of ether oxygens (including phenoxy) is 2. The topological polar surface area (TPSA) is 47.5 Å². The third kappa shape index (κ3) is 3.54. The minimum Gasteiger partial charge on any atom is -0.477 e. The molecule has 2 aromatic rings. The summed E-state index contributed by atoms with van der Waals surface area (Å²) < 4.78 is 11.8. The van der Waals surface area contributed by atoms with Crippen LogP contribution in [-0.4, -0.2) is 46.8 Å². The molecule has 1 saturated carbocycles. The summed E-state index contributed by atoms with van der Waals surface area (Å²) in [5.41, 5.74) is 0. The van der Waals surface area contributed by atoms with Crippen LogP contribution in [0, 0.1) is 5.92 Å². The standard InChI is InChI=1S/C17H21N3O2S/c1-2-4-18-16(3-1)22-12-13-9-14-15(10-13)21-7-6-20(14)11-17-19-5-8-23-17/h1-5,8,13-15H,6-7,9-12H2. The fraction of sp³-hybridized carbons (Fsp3) is 0.529. The van der Waals surface area contributed by atoms with Gasteiger partial charge < -0.3 is 9.47 Å². The molecule has 3 heterocycles. The molecule has 0 radical (unpaired) electrons. The van der Waals surface area contributed by atoms with E-state index < -0.39 is 0 Å². The van der Waals surface area contributed by atoms with Gasteiger partial charge >= 0.3 is 0 Å². The van der Waals surface area contributed by atoms with E-state index in [2.05, 4.69) is 14.9 Å². The van der Waals surface area contributed by atoms with Gasteiger partial charge in [-0.1, -0.05) is 6.07 Å². The van der Waals surface area contributed by atoms with Gasteiger partial charge in [0.15, 0.2) is 0 Å². The van der Waals surface area contributed by atoms with Gasteiger partial charge in [0.05, 0.1) is 25.9 Å². The lowest BCUT2D eigenvalue weighted by Gasteiger charge is -2.37. The summed E-state index contributed by atoms with van der Waals surface area (Å²) >= 11 is 1.73. The smallest absolute Gasteiger partial charge is 0.213 e. The highest BCUT2D eigenvalue weighted by molar-refractivity contribution is 7.09. The Morgan fingerprint density at radius 1 is 1.26 bits per heavy atom. The molecule has 1 saturated heterocycles. The number of nitrogens with zero attached hydrogens (tertiary/aromatic N) is 3. The Kier molecular flexibility index (Phi) is 4.55. The summed E-state index contributed by atoms with van der Waals surface area (Å²) in [6, 6.07) is 6.26. The fourth-order valence-electron chi connectivity index (χ4n) is 3.60. The van der Waals surface area contributed by atoms with E-state index in [9.17, 15) is 0 Å². The van der Waals surface area contributed by atoms with Crippen molar-refractivity contribution in [1.82, 2.24) is 14.9 Å². The number of aromatic nitrogens is 2. The maximum absolute atomic E-state index is 6.00. The van der Waals surface area contributed by atoms with E-state index in [1.165, 1.54) is 5.01 Å². The van der Waals surface area contributed by atoms with Crippen LogP contribution in [0.1, 0.15) is 17.8 Å². The van der Waals surface area contributed by atoms with Gasteiger partial charge in [0.1, 0.15) is 5.01 Å². The van der Waals surface area contributed by atoms with Crippen molar-refractivity contribution < 1.29 is 9.47 Å². The minimum absolute atomic E-state index is 0.334. The second-order valence-electron chi connectivity index (χ2n) is 6.19. The van der Waals surface area contributed by atoms with E-state index in [0.29, 0.717) is 23.9 Å². The number of fused-ring (bicyclic) bond motifs is 1. The Bertz CT molecular complexity index is 608. The molecule has 2 aliphatic rings. The molecule has 0 amide bonds. The molecular formula is C17H21N3O2S. The molecule has 5 nitrogen and oxygen atoms in total. The van der Waals surface area contributed by atoms with E-state index in [0.717, 1.165) is 39.1 Å². The van der Waals surface area contributed by atoms with E-state index in [1.54, 1.807) is 17.5 Å². The molecule has 3 atom stereocenters. The van der Waals surface area contributed by atoms with Crippen molar-refractivity contribution in [3.8, 4) is 5.88 Å². The molecule has 122 valence electrons. The summed E-state index contributed by atoms with van der Waals surface area (Å²) in [6.45, 7) is 3.48. The van der Waals surface area contributed by atoms with E-state index in [1.807, 2.05) is 29.8 Å². The van der Waals surface area contributed by atoms with E-state index in [4.69, 9.17) is 9.47 Å². The molecular weight excluding hydrogens is 310 g/mol. The quantitative estimate of drug-likeness (QED) is 0.843. The van der Waals surface area contributed by atoms with Gasteiger partial charge in [-0.25, -0.2) is 9.97 Å². The SMILES string of the molecule is c1ccc(OCC2CC3OCCN(Cc4nccs4)C3C2)nc1. The van der Waals surface area contributed by atoms with Gasteiger partial charge in [0.2, 0.25) is 5.88 Å². The first-order chi connectivity index (χ1) is 11.4. The zero-order chi connectivity index (χ0) is 15.5. The lowest BCUT2D eigenvalue weighted by atomic mass is 10.1. The highest BCUT2D eigenvalue weighted by Gasteiger charge is 2.41.